The zero-order valence-corrected chi connectivity index (χ0v) is 15.5. The number of urea groups is 1. The average Bonchev–Trinajstić information content (AvgIpc) is 2.56. The number of rotatable bonds is 11. The number of nitrogens with zero attached hydrogens (tertiary/aromatic N) is 1. The summed E-state index contributed by atoms with van der Waals surface area (Å²) in [5.41, 5.74) is 0.575. The second-order valence-electron chi connectivity index (χ2n) is 5.52. The molecular formula is C17H28ClN3O3. The second-order valence-corrected chi connectivity index (χ2v) is 5.96. The van der Waals surface area contributed by atoms with Gasteiger partial charge in [-0.15, -0.1) is 0 Å². The standard InChI is InChI=1S/C17H28ClN3O3/c1-4-11-24-16-7-6-14(18)13-15(16)20-17(22)19-8-5-9-21(2)10-12-23-3/h6-7,13H,4-5,8-12H2,1-3H3,(H2,19,20,22). The van der Waals surface area contributed by atoms with Crippen LogP contribution in [0.25, 0.3) is 0 Å². The quantitative estimate of drug-likeness (QED) is 0.597. The molecule has 0 atom stereocenters. The van der Waals surface area contributed by atoms with E-state index in [1.807, 2.05) is 14.0 Å². The molecule has 0 aromatic heterocycles. The molecule has 0 saturated heterocycles. The third-order valence-electron chi connectivity index (χ3n) is 3.33. The highest BCUT2D eigenvalue weighted by molar-refractivity contribution is 6.31. The minimum atomic E-state index is -0.266. The van der Waals surface area contributed by atoms with Gasteiger partial charge in [-0.05, 0) is 44.6 Å². The molecule has 0 unspecified atom stereocenters. The monoisotopic (exact) mass is 357 g/mol. The topological polar surface area (TPSA) is 62.8 Å². The van der Waals surface area contributed by atoms with Crippen molar-refractivity contribution >= 4 is 23.3 Å². The summed E-state index contributed by atoms with van der Waals surface area (Å²) >= 11 is 5.99. The fraction of sp³-hybridized carbons (Fsp3) is 0.588. The lowest BCUT2D eigenvalue weighted by atomic mass is 10.3. The van der Waals surface area contributed by atoms with Crippen LogP contribution in [-0.2, 0) is 4.74 Å². The van der Waals surface area contributed by atoms with Crippen molar-refractivity contribution in [1.29, 1.82) is 0 Å². The Balaban J connectivity index is 2.38. The number of carbonyl (C=O) groups excluding carboxylic acids is 1. The van der Waals surface area contributed by atoms with Crippen LogP contribution in [0.5, 0.6) is 5.75 Å². The van der Waals surface area contributed by atoms with Crippen molar-refractivity contribution in [1.82, 2.24) is 10.2 Å². The Morgan fingerprint density at radius 3 is 2.79 bits per heavy atom. The van der Waals surface area contributed by atoms with Gasteiger partial charge in [0.2, 0.25) is 0 Å². The number of methoxy groups -OCH3 is 1. The van der Waals surface area contributed by atoms with E-state index in [2.05, 4.69) is 15.5 Å². The Morgan fingerprint density at radius 1 is 1.29 bits per heavy atom. The zero-order chi connectivity index (χ0) is 17.8. The van der Waals surface area contributed by atoms with Crippen LogP contribution in [0.1, 0.15) is 19.8 Å². The van der Waals surface area contributed by atoms with Crippen LogP contribution in [0.3, 0.4) is 0 Å². The van der Waals surface area contributed by atoms with Crippen molar-refractivity contribution in [2.24, 2.45) is 0 Å². The third kappa shape index (κ3) is 8.38. The van der Waals surface area contributed by atoms with E-state index in [4.69, 9.17) is 21.1 Å². The van der Waals surface area contributed by atoms with Gasteiger partial charge < -0.3 is 25.0 Å². The molecule has 1 aromatic carbocycles. The first kappa shape index (κ1) is 20.5. The van der Waals surface area contributed by atoms with E-state index in [1.54, 1.807) is 25.3 Å². The van der Waals surface area contributed by atoms with E-state index in [0.717, 1.165) is 25.9 Å². The van der Waals surface area contributed by atoms with Gasteiger partial charge in [-0.2, -0.15) is 0 Å². The van der Waals surface area contributed by atoms with Gasteiger partial charge in [-0.25, -0.2) is 4.79 Å². The van der Waals surface area contributed by atoms with Crippen molar-refractivity contribution in [2.75, 3.05) is 52.3 Å². The van der Waals surface area contributed by atoms with Crippen molar-refractivity contribution in [2.45, 2.75) is 19.8 Å². The van der Waals surface area contributed by atoms with E-state index in [0.29, 0.717) is 36.2 Å². The smallest absolute Gasteiger partial charge is 0.319 e. The van der Waals surface area contributed by atoms with E-state index < -0.39 is 0 Å². The van der Waals surface area contributed by atoms with Crippen molar-refractivity contribution in [3.05, 3.63) is 23.2 Å². The molecule has 0 heterocycles. The van der Waals surface area contributed by atoms with Crippen LogP contribution in [0.4, 0.5) is 10.5 Å². The zero-order valence-electron chi connectivity index (χ0n) is 14.7. The summed E-state index contributed by atoms with van der Waals surface area (Å²) in [4.78, 5) is 14.2. The number of ether oxygens (including phenoxy) is 2. The molecule has 0 aliphatic carbocycles. The third-order valence-corrected chi connectivity index (χ3v) is 3.57. The van der Waals surface area contributed by atoms with Crippen LogP contribution >= 0.6 is 11.6 Å². The number of halogens is 1. The number of amides is 2. The predicted octanol–water partition coefficient (Wildman–Crippen LogP) is 3.22. The maximum atomic E-state index is 12.0. The molecule has 0 aliphatic rings. The molecule has 0 aliphatic heterocycles. The molecule has 0 spiro atoms. The summed E-state index contributed by atoms with van der Waals surface area (Å²) in [5.74, 6) is 0.621. The molecular weight excluding hydrogens is 330 g/mol. The van der Waals surface area contributed by atoms with Gasteiger partial charge in [0, 0.05) is 25.2 Å². The van der Waals surface area contributed by atoms with Crippen LogP contribution in [0.2, 0.25) is 5.02 Å². The molecule has 2 N–H and O–H groups in total. The minimum Gasteiger partial charge on any atom is -0.491 e. The van der Waals surface area contributed by atoms with Crippen LogP contribution in [0.15, 0.2) is 18.2 Å². The first-order chi connectivity index (χ1) is 11.6. The van der Waals surface area contributed by atoms with Crippen LogP contribution in [-0.4, -0.2) is 57.9 Å². The fourth-order valence-electron chi connectivity index (χ4n) is 2.01. The Kier molecular flexibility index (Phi) is 10.2. The molecule has 2 amide bonds. The number of hydrogen-bond donors (Lipinski definition) is 2. The van der Waals surface area contributed by atoms with Gasteiger partial charge in [0.25, 0.3) is 0 Å². The summed E-state index contributed by atoms with van der Waals surface area (Å²) in [5, 5.41) is 6.18. The van der Waals surface area contributed by atoms with Gasteiger partial charge in [0.05, 0.1) is 18.9 Å². The van der Waals surface area contributed by atoms with Crippen LogP contribution in [0, 0.1) is 0 Å². The Hall–Kier alpha value is -1.50. The fourth-order valence-corrected chi connectivity index (χ4v) is 2.19. The summed E-state index contributed by atoms with van der Waals surface area (Å²) in [7, 11) is 3.72. The molecule has 0 bridgehead atoms. The Morgan fingerprint density at radius 2 is 2.08 bits per heavy atom. The Bertz CT molecular complexity index is 500. The largest absolute Gasteiger partial charge is 0.491 e. The molecule has 1 aromatic rings. The molecule has 7 heteroatoms. The average molecular weight is 358 g/mol. The molecule has 1 rings (SSSR count). The van der Waals surface area contributed by atoms with Crippen molar-refractivity contribution in [3.8, 4) is 5.75 Å². The minimum absolute atomic E-state index is 0.266. The summed E-state index contributed by atoms with van der Waals surface area (Å²) in [6, 6.07) is 4.92. The highest BCUT2D eigenvalue weighted by atomic mass is 35.5. The van der Waals surface area contributed by atoms with Gasteiger partial charge in [0.1, 0.15) is 5.75 Å². The number of anilines is 1. The number of hydrogen-bond acceptors (Lipinski definition) is 4. The molecule has 0 fully saturated rings. The van der Waals surface area contributed by atoms with E-state index in [1.165, 1.54) is 0 Å². The Labute approximate surface area is 149 Å². The maximum Gasteiger partial charge on any atom is 0.319 e. The summed E-state index contributed by atoms with van der Waals surface area (Å²) in [6.45, 7) is 5.69. The lowest BCUT2D eigenvalue weighted by Gasteiger charge is -2.16. The predicted molar refractivity (Wildman–Crippen MR) is 98.2 cm³/mol. The van der Waals surface area contributed by atoms with E-state index in [9.17, 15) is 4.79 Å². The SMILES string of the molecule is CCCOc1ccc(Cl)cc1NC(=O)NCCCN(C)CCOC. The number of likely N-dealkylation sites (N-methyl/N-ethyl adjacent to an activating group) is 1. The van der Waals surface area contributed by atoms with E-state index in [-0.39, 0.29) is 6.03 Å². The molecule has 6 nitrogen and oxygen atoms in total. The van der Waals surface area contributed by atoms with Gasteiger partial charge in [-0.3, -0.25) is 0 Å². The highest BCUT2D eigenvalue weighted by Crippen LogP contribution is 2.28. The van der Waals surface area contributed by atoms with E-state index >= 15 is 0 Å². The first-order valence-electron chi connectivity index (χ1n) is 8.21. The molecule has 0 radical (unpaired) electrons. The van der Waals surface area contributed by atoms with Gasteiger partial charge in [0.15, 0.2) is 0 Å². The van der Waals surface area contributed by atoms with Gasteiger partial charge >= 0.3 is 6.03 Å². The maximum absolute atomic E-state index is 12.0. The normalized spacial score (nSPS) is 10.7. The van der Waals surface area contributed by atoms with Crippen LogP contribution < -0.4 is 15.4 Å². The lowest BCUT2D eigenvalue weighted by Crippen LogP contribution is -2.32. The van der Waals surface area contributed by atoms with Crippen molar-refractivity contribution < 1.29 is 14.3 Å². The van der Waals surface area contributed by atoms with Gasteiger partial charge in [-0.1, -0.05) is 18.5 Å². The molecule has 24 heavy (non-hydrogen) atoms. The number of benzene rings is 1. The first-order valence-corrected chi connectivity index (χ1v) is 8.59. The van der Waals surface area contributed by atoms with Crippen molar-refractivity contribution in [3.63, 3.8) is 0 Å². The molecule has 136 valence electrons. The summed E-state index contributed by atoms with van der Waals surface area (Å²) < 4.78 is 10.6. The second kappa shape index (κ2) is 11.9. The number of carbonyl (C=O) groups is 1. The highest BCUT2D eigenvalue weighted by Gasteiger charge is 2.08. The molecule has 0 saturated carbocycles. The summed E-state index contributed by atoms with van der Waals surface area (Å²) in [6.07, 6.45) is 1.76. The number of nitrogens with one attached hydrogen (secondary N) is 2. The lowest BCUT2D eigenvalue weighted by molar-refractivity contribution is 0.160.